The number of halogens is 1. The summed E-state index contributed by atoms with van der Waals surface area (Å²) in [5.41, 5.74) is 0.711. The number of hydrogen-bond acceptors (Lipinski definition) is 4. The molecule has 0 aliphatic carbocycles. The second-order valence-corrected chi connectivity index (χ2v) is 8.56. The van der Waals surface area contributed by atoms with Gasteiger partial charge in [0.2, 0.25) is 10.0 Å². The Hall–Kier alpha value is -0.470. The van der Waals surface area contributed by atoms with E-state index in [9.17, 15) is 13.5 Å². The highest BCUT2D eigenvalue weighted by Gasteiger charge is 2.40. The maximum Gasteiger partial charge on any atom is 0.243 e. The van der Waals surface area contributed by atoms with E-state index >= 15 is 0 Å². The monoisotopic (exact) mass is 376 g/mol. The Balaban J connectivity index is 2.39. The van der Waals surface area contributed by atoms with E-state index in [1.807, 2.05) is 25.1 Å². The average Bonchev–Trinajstić information content (AvgIpc) is 2.73. The van der Waals surface area contributed by atoms with Gasteiger partial charge in [-0.05, 0) is 45.1 Å². The number of benzene rings is 1. The normalized spacial score (nSPS) is 23.9. The van der Waals surface area contributed by atoms with Crippen LogP contribution in [0.2, 0.25) is 0 Å². The Morgan fingerprint density at radius 1 is 1.43 bits per heavy atom. The molecule has 0 amide bonds. The van der Waals surface area contributed by atoms with Gasteiger partial charge >= 0.3 is 0 Å². The summed E-state index contributed by atoms with van der Waals surface area (Å²) >= 11 is 3.32. The van der Waals surface area contributed by atoms with Gasteiger partial charge in [-0.3, -0.25) is 0 Å². The van der Waals surface area contributed by atoms with Crippen LogP contribution < -0.4 is 0 Å². The zero-order valence-electron chi connectivity index (χ0n) is 12.5. The number of aliphatic hydroxyl groups is 1. The molecule has 1 N–H and O–H groups in total. The standard InChI is InChI=1S/C14H21BrN2O3S/c1-10-4-5-11(15)6-14(10)21(19,20)17-9-13(18)7-12(17)8-16(2)3/h4-6,12-13,18H,7-9H2,1-3H3. The minimum absolute atomic E-state index is 0.160. The molecule has 2 unspecified atom stereocenters. The van der Waals surface area contributed by atoms with Gasteiger partial charge in [0.15, 0.2) is 0 Å². The van der Waals surface area contributed by atoms with E-state index in [1.165, 1.54) is 4.31 Å². The number of hydrogen-bond donors (Lipinski definition) is 1. The molecular formula is C14H21BrN2O3S. The molecule has 7 heteroatoms. The number of sulfonamides is 1. The van der Waals surface area contributed by atoms with Gasteiger partial charge in [-0.25, -0.2) is 8.42 Å². The van der Waals surface area contributed by atoms with E-state index in [0.717, 1.165) is 4.47 Å². The van der Waals surface area contributed by atoms with E-state index in [4.69, 9.17) is 0 Å². The van der Waals surface area contributed by atoms with Gasteiger partial charge in [0.05, 0.1) is 11.0 Å². The second kappa shape index (κ2) is 6.34. The number of nitrogens with zero attached hydrogens (tertiary/aromatic N) is 2. The lowest BCUT2D eigenvalue weighted by Gasteiger charge is -2.26. The van der Waals surface area contributed by atoms with Crippen molar-refractivity contribution in [3.63, 3.8) is 0 Å². The predicted molar refractivity (Wildman–Crippen MR) is 85.7 cm³/mol. The Morgan fingerprint density at radius 2 is 2.10 bits per heavy atom. The van der Waals surface area contributed by atoms with E-state index < -0.39 is 16.1 Å². The van der Waals surface area contributed by atoms with Crippen molar-refractivity contribution >= 4 is 26.0 Å². The summed E-state index contributed by atoms with van der Waals surface area (Å²) in [5, 5.41) is 9.88. The summed E-state index contributed by atoms with van der Waals surface area (Å²) in [5.74, 6) is 0. The first-order valence-electron chi connectivity index (χ1n) is 6.82. The molecule has 5 nitrogen and oxygen atoms in total. The van der Waals surface area contributed by atoms with Crippen molar-refractivity contribution < 1.29 is 13.5 Å². The highest BCUT2D eigenvalue weighted by atomic mass is 79.9. The van der Waals surface area contributed by atoms with Gasteiger partial charge in [-0.1, -0.05) is 22.0 Å². The topological polar surface area (TPSA) is 60.9 Å². The third kappa shape index (κ3) is 3.65. The number of β-amino-alcohol motifs (C(OH)–C–C–N with tert-alkyl or cyclic N) is 1. The van der Waals surface area contributed by atoms with Crippen LogP contribution in [-0.4, -0.2) is 62.1 Å². The first-order chi connectivity index (χ1) is 9.71. The van der Waals surface area contributed by atoms with E-state index in [0.29, 0.717) is 23.4 Å². The smallest absolute Gasteiger partial charge is 0.243 e. The van der Waals surface area contributed by atoms with Crippen LogP contribution >= 0.6 is 15.9 Å². The first kappa shape index (κ1) is 16.9. The third-order valence-electron chi connectivity index (χ3n) is 3.65. The SMILES string of the molecule is Cc1ccc(Br)cc1S(=O)(=O)N1CC(O)CC1CN(C)C. The minimum Gasteiger partial charge on any atom is -0.392 e. The molecule has 1 aromatic carbocycles. The molecular weight excluding hydrogens is 356 g/mol. The average molecular weight is 377 g/mol. The molecule has 1 fully saturated rings. The van der Waals surface area contributed by atoms with Gasteiger partial charge < -0.3 is 10.0 Å². The summed E-state index contributed by atoms with van der Waals surface area (Å²) in [4.78, 5) is 2.24. The maximum atomic E-state index is 12.9. The van der Waals surface area contributed by atoms with Crippen LogP contribution in [-0.2, 0) is 10.0 Å². The lowest BCUT2D eigenvalue weighted by atomic mass is 10.2. The molecule has 0 spiro atoms. The Labute approximate surface area is 134 Å². The molecule has 1 aromatic rings. The predicted octanol–water partition coefficient (Wildman–Crippen LogP) is 1.44. The summed E-state index contributed by atoms with van der Waals surface area (Å²) in [7, 11) is 0.202. The quantitative estimate of drug-likeness (QED) is 0.863. The highest BCUT2D eigenvalue weighted by Crippen LogP contribution is 2.29. The van der Waals surface area contributed by atoms with E-state index in [1.54, 1.807) is 19.1 Å². The van der Waals surface area contributed by atoms with Crippen molar-refractivity contribution in [3.05, 3.63) is 28.2 Å². The van der Waals surface area contributed by atoms with Crippen LogP contribution in [0.1, 0.15) is 12.0 Å². The zero-order chi connectivity index (χ0) is 15.8. The number of rotatable bonds is 4. The van der Waals surface area contributed by atoms with Crippen LogP contribution in [0.15, 0.2) is 27.6 Å². The summed E-state index contributed by atoms with van der Waals surface area (Å²) in [6.45, 7) is 2.54. The molecule has 0 saturated carbocycles. The molecule has 0 aromatic heterocycles. The Morgan fingerprint density at radius 3 is 2.71 bits per heavy atom. The minimum atomic E-state index is -3.60. The van der Waals surface area contributed by atoms with Crippen LogP contribution in [0.4, 0.5) is 0 Å². The molecule has 2 atom stereocenters. The third-order valence-corrected chi connectivity index (χ3v) is 6.21. The van der Waals surface area contributed by atoms with Crippen LogP contribution in [0.25, 0.3) is 0 Å². The van der Waals surface area contributed by atoms with Gasteiger partial charge in [0.1, 0.15) is 0 Å². The molecule has 21 heavy (non-hydrogen) atoms. The molecule has 2 rings (SSSR count). The lowest BCUT2D eigenvalue weighted by molar-refractivity contribution is 0.188. The van der Waals surface area contributed by atoms with Crippen LogP contribution in [0.3, 0.4) is 0 Å². The van der Waals surface area contributed by atoms with Crippen molar-refractivity contribution in [1.82, 2.24) is 9.21 Å². The van der Waals surface area contributed by atoms with Crippen molar-refractivity contribution in [2.24, 2.45) is 0 Å². The first-order valence-corrected chi connectivity index (χ1v) is 9.06. The van der Waals surface area contributed by atoms with Crippen molar-refractivity contribution in [2.45, 2.75) is 30.4 Å². The number of aliphatic hydroxyl groups excluding tert-OH is 1. The van der Waals surface area contributed by atoms with Crippen LogP contribution in [0.5, 0.6) is 0 Å². The van der Waals surface area contributed by atoms with Gasteiger partial charge in [0, 0.05) is 23.6 Å². The Bertz CT molecular complexity index is 619. The Kier molecular flexibility index (Phi) is 5.10. The highest BCUT2D eigenvalue weighted by molar-refractivity contribution is 9.10. The number of likely N-dealkylation sites (N-methyl/N-ethyl adjacent to an activating group) is 1. The molecule has 1 saturated heterocycles. The largest absolute Gasteiger partial charge is 0.392 e. The van der Waals surface area contributed by atoms with Gasteiger partial charge in [0.25, 0.3) is 0 Å². The second-order valence-electron chi connectivity index (χ2n) is 5.79. The van der Waals surface area contributed by atoms with Gasteiger partial charge in [-0.15, -0.1) is 0 Å². The number of aryl methyl sites for hydroxylation is 1. The zero-order valence-corrected chi connectivity index (χ0v) is 14.9. The molecule has 1 aliphatic heterocycles. The summed E-state index contributed by atoms with van der Waals surface area (Å²) in [6, 6.07) is 5.04. The fraction of sp³-hybridized carbons (Fsp3) is 0.571. The summed E-state index contributed by atoms with van der Waals surface area (Å²) in [6.07, 6.45) is -0.123. The molecule has 0 bridgehead atoms. The molecule has 1 aliphatic rings. The molecule has 0 radical (unpaired) electrons. The van der Waals surface area contributed by atoms with Crippen LogP contribution in [0, 0.1) is 6.92 Å². The molecule has 118 valence electrons. The van der Waals surface area contributed by atoms with Gasteiger partial charge in [-0.2, -0.15) is 4.31 Å². The van der Waals surface area contributed by atoms with Crippen molar-refractivity contribution in [3.8, 4) is 0 Å². The van der Waals surface area contributed by atoms with E-state index in [2.05, 4.69) is 15.9 Å². The van der Waals surface area contributed by atoms with E-state index in [-0.39, 0.29) is 12.6 Å². The lowest BCUT2D eigenvalue weighted by Crippen LogP contribution is -2.41. The summed E-state index contributed by atoms with van der Waals surface area (Å²) < 4.78 is 28.0. The maximum absolute atomic E-state index is 12.9. The van der Waals surface area contributed by atoms with Crippen molar-refractivity contribution in [1.29, 1.82) is 0 Å². The molecule has 1 heterocycles. The fourth-order valence-corrected chi connectivity index (χ4v) is 5.15. The fourth-order valence-electron chi connectivity index (χ4n) is 2.72. The van der Waals surface area contributed by atoms with Crippen molar-refractivity contribution in [2.75, 3.05) is 27.2 Å².